The number of anilines is 1. The Balaban J connectivity index is 2.21. The molecule has 1 N–H and O–H groups in total. The number of sulfonamides is 1. The zero-order valence-electron chi connectivity index (χ0n) is 8.73. The maximum absolute atomic E-state index is 11.1. The highest BCUT2D eigenvalue weighted by Crippen LogP contribution is 2.32. The first kappa shape index (κ1) is 11.7. The molecule has 0 bridgehead atoms. The Morgan fingerprint density at radius 3 is 2.69 bits per heavy atom. The average Bonchev–Trinajstić information content (AvgIpc) is 2.92. The van der Waals surface area contributed by atoms with Gasteiger partial charge in [0.15, 0.2) is 0 Å². The van der Waals surface area contributed by atoms with Gasteiger partial charge in [0.2, 0.25) is 10.0 Å². The van der Waals surface area contributed by atoms with Gasteiger partial charge in [0.25, 0.3) is 0 Å². The number of hydrogen-bond donors (Lipinski definition) is 1. The quantitative estimate of drug-likeness (QED) is 0.929. The molecule has 2 rings (SSSR count). The van der Waals surface area contributed by atoms with Gasteiger partial charge in [-0.15, -0.1) is 0 Å². The monoisotopic (exact) mass is 305 g/mol. The van der Waals surface area contributed by atoms with Crippen molar-refractivity contribution in [1.29, 1.82) is 0 Å². The van der Waals surface area contributed by atoms with Crippen LogP contribution in [0, 0.1) is 0 Å². The number of nitrogens with one attached hydrogen (secondary N) is 1. The van der Waals surface area contributed by atoms with Gasteiger partial charge in [0, 0.05) is 10.5 Å². The highest BCUT2D eigenvalue weighted by atomic mass is 79.9. The van der Waals surface area contributed by atoms with Gasteiger partial charge in [-0.3, -0.25) is 4.72 Å². The zero-order valence-corrected chi connectivity index (χ0v) is 11.1. The smallest absolute Gasteiger partial charge is 0.229 e. The summed E-state index contributed by atoms with van der Waals surface area (Å²) < 4.78 is 31.0. The Hall–Kier alpha value is -0.750. The van der Waals surface area contributed by atoms with Crippen LogP contribution < -0.4 is 9.46 Å². The van der Waals surface area contributed by atoms with E-state index in [1.807, 2.05) is 6.07 Å². The maximum Gasteiger partial charge on any atom is 0.229 e. The molecule has 4 nitrogen and oxygen atoms in total. The summed E-state index contributed by atoms with van der Waals surface area (Å²) in [6.07, 6.45) is 3.57. The van der Waals surface area contributed by atoms with E-state index >= 15 is 0 Å². The first-order chi connectivity index (χ1) is 7.44. The molecule has 0 spiro atoms. The fourth-order valence-electron chi connectivity index (χ4n) is 1.23. The molecular weight excluding hydrogens is 294 g/mol. The molecule has 1 aromatic rings. The van der Waals surface area contributed by atoms with Crippen molar-refractivity contribution in [3.63, 3.8) is 0 Å². The molecule has 6 heteroatoms. The number of benzene rings is 1. The summed E-state index contributed by atoms with van der Waals surface area (Å²) >= 11 is 3.28. The third-order valence-corrected chi connectivity index (χ3v) is 3.34. The number of rotatable bonds is 4. The molecule has 0 radical (unpaired) electrons. The second kappa shape index (κ2) is 4.25. The van der Waals surface area contributed by atoms with E-state index in [2.05, 4.69) is 20.7 Å². The van der Waals surface area contributed by atoms with E-state index < -0.39 is 10.0 Å². The highest BCUT2D eigenvalue weighted by Gasteiger charge is 2.23. The summed E-state index contributed by atoms with van der Waals surface area (Å²) in [5, 5.41) is 0. The van der Waals surface area contributed by atoms with Crippen LogP contribution in [0.2, 0.25) is 0 Å². The van der Waals surface area contributed by atoms with Crippen molar-refractivity contribution in [1.82, 2.24) is 0 Å². The van der Waals surface area contributed by atoms with Gasteiger partial charge in [0.1, 0.15) is 5.75 Å². The average molecular weight is 306 g/mol. The predicted molar refractivity (Wildman–Crippen MR) is 66.3 cm³/mol. The van der Waals surface area contributed by atoms with Crippen LogP contribution in [0.25, 0.3) is 0 Å². The molecular formula is C10H12BrNO3S. The minimum absolute atomic E-state index is 0.298. The van der Waals surface area contributed by atoms with Gasteiger partial charge in [-0.1, -0.05) is 0 Å². The Morgan fingerprint density at radius 1 is 1.44 bits per heavy atom. The lowest BCUT2D eigenvalue weighted by molar-refractivity contribution is 0.303. The zero-order chi connectivity index (χ0) is 11.8. The molecule has 0 unspecified atom stereocenters. The van der Waals surface area contributed by atoms with E-state index in [9.17, 15) is 8.42 Å². The minimum Gasteiger partial charge on any atom is -0.490 e. The molecule has 88 valence electrons. The van der Waals surface area contributed by atoms with E-state index in [1.165, 1.54) is 0 Å². The predicted octanol–water partition coefficient (Wildman–Crippen LogP) is 2.36. The molecule has 1 saturated carbocycles. The largest absolute Gasteiger partial charge is 0.490 e. The number of hydrogen-bond acceptors (Lipinski definition) is 3. The first-order valence-electron chi connectivity index (χ1n) is 4.88. The van der Waals surface area contributed by atoms with Crippen LogP contribution in [0.3, 0.4) is 0 Å². The van der Waals surface area contributed by atoms with E-state index in [4.69, 9.17) is 4.74 Å². The molecule has 1 aliphatic rings. The second-order valence-electron chi connectivity index (χ2n) is 3.83. The van der Waals surface area contributed by atoms with Crippen molar-refractivity contribution in [3.05, 3.63) is 22.7 Å². The van der Waals surface area contributed by atoms with Crippen molar-refractivity contribution in [2.45, 2.75) is 18.9 Å². The molecule has 0 atom stereocenters. The normalized spacial score (nSPS) is 15.9. The fourth-order valence-corrected chi connectivity index (χ4v) is 2.28. The fraction of sp³-hybridized carbons (Fsp3) is 0.400. The molecule has 0 aromatic heterocycles. The van der Waals surface area contributed by atoms with Gasteiger partial charge in [-0.05, 0) is 40.9 Å². The van der Waals surface area contributed by atoms with Gasteiger partial charge in [-0.25, -0.2) is 8.42 Å². The Morgan fingerprint density at radius 2 is 2.12 bits per heavy atom. The van der Waals surface area contributed by atoms with E-state index in [1.54, 1.807) is 12.1 Å². The molecule has 16 heavy (non-hydrogen) atoms. The second-order valence-corrected chi connectivity index (χ2v) is 6.44. The maximum atomic E-state index is 11.1. The van der Waals surface area contributed by atoms with Crippen LogP contribution in [-0.4, -0.2) is 20.8 Å². The number of halogens is 1. The van der Waals surface area contributed by atoms with E-state index in [0.29, 0.717) is 22.0 Å². The highest BCUT2D eigenvalue weighted by molar-refractivity contribution is 9.10. The van der Waals surface area contributed by atoms with Crippen molar-refractivity contribution >= 4 is 31.6 Å². The van der Waals surface area contributed by atoms with Crippen molar-refractivity contribution in [2.24, 2.45) is 0 Å². The SMILES string of the molecule is CS(=O)(=O)Nc1cc(OC2CC2)ccc1Br. The van der Waals surface area contributed by atoms with Gasteiger partial charge in [-0.2, -0.15) is 0 Å². The lowest BCUT2D eigenvalue weighted by Crippen LogP contribution is -2.10. The summed E-state index contributed by atoms with van der Waals surface area (Å²) in [6.45, 7) is 0. The van der Waals surface area contributed by atoms with Crippen molar-refractivity contribution < 1.29 is 13.2 Å². The van der Waals surface area contributed by atoms with Crippen LogP contribution >= 0.6 is 15.9 Å². The van der Waals surface area contributed by atoms with Crippen LogP contribution in [0.4, 0.5) is 5.69 Å². The third kappa shape index (κ3) is 3.38. The van der Waals surface area contributed by atoms with Crippen LogP contribution in [0.5, 0.6) is 5.75 Å². The molecule has 1 aliphatic carbocycles. The van der Waals surface area contributed by atoms with Crippen molar-refractivity contribution in [3.8, 4) is 5.75 Å². The lowest BCUT2D eigenvalue weighted by Gasteiger charge is -2.09. The van der Waals surface area contributed by atoms with Crippen molar-refractivity contribution in [2.75, 3.05) is 11.0 Å². The summed E-state index contributed by atoms with van der Waals surface area (Å²) in [4.78, 5) is 0. The summed E-state index contributed by atoms with van der Waals surface area (Å²) in [5.41, 5.74) is 0.501. The van der Waals surface area contributed by atoms with Crippen LogP contribution in [-0.2, 0) is 10.0 Å². The summed E-state index contributed by atoms with van der Waals surface area (Å²) in [6, 6.07) is 5.27. The molecule has 1 fully saturated rings. The molecule has 0 saturated heterocycles. The number of ether oxygens (including phenoxy) is 1. The van der Waals surface area contributed by atoms with Gasteiger partial charge in [0.05, 0.1) is 18.0 Å². The standard InChI is InChI=1S/C10H12BrNO3S/c1-16(13,14)12-10-6-8(4-5-9(10)11)15-7-2-3-7/h4-7,12H,2-3H2,1H3. The Labute approximate surface area is 103 Å². The lowest BCUT2D eigenvalue weighted by atomic mass is 10.3. The molecule has 1 aromatic carbocycles. The Kier molecular flexibility index (Phi) is 3.12. The minimum atomic E-state index is -3.26. The molecule has 0 amide bonds. The topological polar surface area (TPSA) is 55.4 Å². The molecule has 0 heterocycles. The third-order valence-electron chi connectivity index (χ3n) is 2.06. The van der Waals surface area contributed by atoms with E-state index in [-0.39, 0.29) is 0 Å². The summed E-state index contributed by atoms with van der Waals surface area (Å²) in [7, 11) is -3.26. The summed E-state index contributed by atoms with van der Waals surface area (Å²) in [5.74, 6) is 0.692. The van der Waals surface area contributed by atoms with Gasteiger partial charge >= 0.3 is 0 Å². The first-order valence-corrected chi connectivity index (χ1v) is 7.56. The van der Waals surface area contributed by atoms with Gasteiger partial charge < -0.3 is 4.74 Å². The van der Waals surface area contributed by atoms with E-state index in [0.717, 1.165) is 19.1 Å². The molecule has 0 aliphatic heterocycles. The van der Waals surface area contributed by atoms with Crippen LogP contribution in [0.1, 0.15) is 12.8 Å². The Bertz CT molecular complexity index is 497. The van der Waals surface area contributed by atoms with Crippen LogP contribution in [0.15, 0.2) is 22.7 Å².